The Bertz CT molecular complexity index is 411. The van der Waals surface area contributed by atoms with Crippen LogP contribution < -0.4 is 5.32 Å². The Morgan fingerprint density at radius 3 is 2.36 bits per heavy atom. The molecule has 5 nitrogen and oxygen atoms in total. The highest BCUT2D eigenvalue weighted by atomic mass is 35.5. The lowest BCUT2D eigenvalue weighted by Crippen LogP contribution is -2.45. The van der Waals surface area contributed by atoms with Gasteiger partial charge in [-0.3, -0.25) is 0 Å². The molecule has 0 amide bonds. The molecule has 7 heteroatoms. The van der Waals surface area contributed by atoms with Gasteiger partial charge in [-0.05, 0) is 63.7 Å². The lowest BCUT2D eigenvalue weighted by atomic mass is 9.94. The summed E-state index contributed by atoms with van der Waals surface area (Å²) in [6.07, 6.45) is 6.06. The number of rotatable bonds is 6. The van der Waals surface area contributed by atoms with Crippen LogP contribution in [0.15, 0.2) is 0 Å². The molecule has 0 bridgehead atoms. The predicted octanol–water partition coefficient (Wildman–Crippen LogP) is 1.40. The van der Waals surface area contributed by atoms with Crippen LogP contribution in [-0.2, 0) is 10.0 Å². The lowest BCUT2D eigenvalue weighted by molar-refractivity contribution is 0.135. The second-order valence-electron chi connectivity index (χ2n) is 6.68. The van der Waals surface area contributed by atoms with Gasteiger partial charge in [0.1, 0.15) is 0 Å². The summed E-state index contributed by atoms with van der Waals surface area (Å²) in [7, 11) is -3.01. The highest BCUT2D eigenvalue weighted by Gasteiger charge is 2.28. The smallest absolute Gasteiger partial charge is 0.211 e. The maximum absolute atomic E-state index is 11.7. The largest absolute Gasteiger partial charge is 0.317 e. The summed E-state index contributed by atoms with van der Waals surface area (Å²) in [6, 6.07) is 0. The quantitative estimate of drug-likeness (QED) is 0.784. The Morgan fingerprint density at radius 2 is 1.77 bits per heavy atom. The predicted molar refractivity (Wildman–Crippen MR) is 94.1 cm³/mol. The van der Waals surface area contributed by atoms with Crippen LogP contribution in [0, 0.1) is 11.8 Å². The first-order valence-corrected chi connectivity index (χ1v) is 10.2. The van der Waals surface area contributed by atoms with Gasteiger partial charge in [0.25, 0.3) is 0 Å². The minimum absolute atomic E-state index is 0. The van der Waals surface area contributed by atoms with Crippen molar-refractivity contribution in [3.63, 3.8) is 0 Å². The molecule has 22 heavy (non-hydrogen) atoms. The SMILES string of the molecule is CCNCC1CCN(CC2CCCN(S(C)(=O)=O)C2)CC1.Cl. The monoisotopic (exact) mass is 353 g/mol. The second kappa shape index (κ2) is 9.42. The fourth-order valence-corrected chi connectivity index (χ4v) is 4.51. The fourth-order valence-electron chi connectivity index (χ4n) is 3.56. The third kappa shape index (κ3) is 6.32. The van der Waals surface area contributed by atoms with E-state index in [4.69, 9.17) is 0 Å². The number of hydrogen-bond donors (Lipinski definition) is 1. The average molecular weight is 354 g/mol. The summed E-state index contributed by atoms with van der Waals surface area (Å²) in [4.78, 5) is 2.54. The molecule has 2 aliphatic rings. The molecule has 2 aliphatic heterocycles. The second-order valence-corrected chi connectivity index (χ2v) is 8.66. The van der Waals surface area contributed by atoms with Crippen LogP contribution >= 0.6 is 12.4 Å². The topological polar surface area (TPSA) is 52.6 Å². The van der Waals surface area contributed by atoms with Gasteiger partial charge in [-0.15, -0.1) is 12.4 Å². The molecule has 2 saturated heterocycles. The van der Waals surface area contributed by atoms with Gasteiger partial charge in [-0.25, -0.2) is 12.7 Å². The molecule has 132 valence electrons. The first kappa shape index (κ1) is 20.2. The zero-order valence-electron chi connectivity index (χ0n) is 14.0. The van der Waals surface area contributed by atoms with Crippen LogP contribution in [0.1, 0.15) is 32.6 Å². The molecule has 2 fully saturated rings. The number of hydrogen-bond acceptors (Lipinski definition) is 4. The van der Waals surface area contributed by atoms with E-state index in [0.717, 1.165) is 38.5 Å². The van der Waals surface area contributed by atoms with E-state index in [1.807, 2.05) is 0 Å². The molecule has 1 unspecified atom stereocenters. The molecule has 0 aliphatic carbocycles. The average Bonchev–Trinajstić information content (AvgIpc) is 2.46. The number of likely N-dealkylation sites (tertiary alicyclic amines) is 1. The number of sulfonamides is 1. The van der Waals surface area contributed by atoms with Crippen molar-refractivity contribution < 1.29 is 8.42 Å². The Hall–Kier alpha value is 0.120. The standard InChI is InChI=1S/C15H31N3O2S.ClH/c1-3-16-11-14-6-9-17(10-7-14)12-15-5-4-8-18(13-15)21(2,19)20;/h14-16H,3-13H2,1-2H3;1H. The highest BCUT2D eigenvalue weighted by molar-refractivity contribution is 7.88. The van der Waals surface area contributed by atoms with Crippen LogP contribution in [0.25, 0.3) is 0 Å². The number of piperidine rings is 2. The van der Waals surface area contributed by atoms with Crippen molar-refractivity contribution in [3.8, 4) is 0 Å². The molecule has 0 aromatic carbocycles. The van der Waals surface area contributed by atoms with Crippen molar-refractivity contribution in [2.45, 2.75) is 32.6 Å². The van der Waals surface area contributed by atoms with Crippen LogP contribution in [0.4, 0.5) is 0 Å². The van der Waals surface area contributed by atoms with Gasteiger partial charge in [-0.2, -0.15) is 0 Å². The van der Waals surface area contributed by atoms with Crippen LogP contribution in [-0.4, -0.2) is 69.7 Å². The highest BCUT2D eigenvalue weighted by Crippen LogP contribution is 2.22. The van der Waals surface area contributed by atoms with E-state index in [1.165, 1.54) is 38.6 Å². The molecule has 2 rings (SSSR count). The van der Waals surface area contributed by atoms with Crippen molar-refractivity contribution in [1.82, 2.24) is 14.5 Å². The molecule has 0 aromatic heterocycles. The number of halogens is 1. The van der Waals surface area contributed by atoms with Gasteiger partial charge in [0, 0.05) is 19.6 Å². The first-order valence-electron chi connectivity index (χ1n) is 8.37. The summed E-state index contributed by atoms with van der Waals surface area (Å²) < 4.78 is 25.0. The van der Waals surface area contributed by atoms with E-state index < -0.39 is 10.0 Å². The molecule has 1 atom stereocenters. The van der Waals surface area contributed by atoms with Gasteiger partial charge < -0.3 is 10.2 Å². The van der Waals surface area contributed by atoms with Gasteiger partial charge in [0.05, 0.1) is 6.26 Å². The zero-order chi connectivity index (χ0) is 15.3. The molecule has 2 heterocycles. The van der Waals surface area contributed by atoms with Gasteiger partial charge in [0.2, 0.25) is 10.0 Å². The Morgan fingerprint density at radius 1 is 1.09 bits per heavy atom. The van der Waals surface area contributed by atoms with Crippen molar-refractivity contribution in [3.05, 3.63) is 0 Å². The van der Waals surface area contributed by atoms with E-state index in [2.05, 4.69) is 17.1 Å². The van der Waals surface area contributed by atoms with E-state index >= 15 is 0 Å². The lowest BCUT2D eigenvalue weighted by Gasteiger charge is -2.37. The Labute approximate surface area is 142 Å². The summed E-state index contributed by atoms with van der Waals surface area (Å²) in [5.41, 5.74) is 0. The van der Waals surface area contributed by atoms with E-state index in [9.17, 15) is 8.42 Å². The Kier molecular flexibility index (Phi) is 8.64. The van der Waals surface area contributed by atoms with Crippen molar-refractivity contribution >= 4 is 22.4 Å². The third-order valence-electron chi connectivity index (χ3n) is 4.86. The van der Waals surface area contributed by atoms with Gasteiger partial charge in [-0.1, -0.05) is 6.92 Å². The maximum Gasteiger partial charge on any atom is 0.211 e. The van der Waals surface area contributed by atoms with Crippen molar-refractivity contribution in [2.24, 2.45) is 11.8 Å². The zero-order valence-corrected chi connectivity index (χ0v) is 15.6. The van der Waals surface area contributed by atoms with E-state index in [-0.39, 0.29) is 12.4 Å². The molecular formula is C15H32ClN3O2S. The third-order valence-corrected chi connectivity index (χ3v) is 6.13. The first-order chi connectivity index (χ1) is 9.99. The van der Waals surface area contributed by atoms with Crippen LogP contribution in [0.2, 0.25) is 0 Å². The molecule has 0 aromatic rings. The Balaban J connectivity index is 0.00000242. The molecule has 1 N–H and O–H groups in total. The van der Waals surface area contributed by atoms with Crippen molar-refractivity contribution in [1.29, 1.82) is 0 Å². The van der Waals surface area contributed by atoms with E-state index in [0.29, 0.717) is 12.5 Å². The van der Waals surface area contributed by atoms with Crippen LogP contribution in [0.5, 0.6) is 0 Å². The summed E-state index contributed by atoms with van der Waals surface area (Å²) in [5, 5.41) is 3.44. The number of nitrogens with one attached hydrogen (secondary N) is 1. The molecule has 0 radical (unpaired) electrons. The fraction of sp³-hybridized carbons (Fsp3) is 1.00. The number of nitrogens with zero attached hydrogens (tertiary/aromatic N) is 2. The minimum Gasteiger partial charge on any atom is -0.317 e. The molecular weight excluding hydrogens is 322 g/mol. The molecule has 0 saturated carbocycles. The van der Waals surface area contributed by atoms with Crippen LogP contribution in [0.3, 0.4) is 0 Å². The molecule has 0 spiro atoms. The van der Waals surface area contributed by atoms with Crippen molar-refractivity contribution in [2.75, 3.05) is 52.1 Å². The summed E-state index contributed by atoms with van der Waals surface area (Å²) >= 11 is 0. The minimum atomic E-state index is -3.01. The van der Waals surface area contributed by atoms with E-state index in [1.54, 1.807) is 4.31 Å². The maximum atomic E-state index is 11.7. The van der Waals surface area contributed by atoms with Gasteiger partial charge in [0.15, 0.2) is 0 Å². The summed E-state index contributed by atoms with van der Waals surface area (Å²) in [5.74, 6) is 1.33. The normalized spacial score (nSPS) is 25.8. The van der Waals surface area contributed by atoms with Gasteiger partial charge >= 0.3 is 0 Å². The summed E-state index contributed by atoms with van der Waals surface area (Å²) in [6.45, 7) is 9.21.